The van der Waals surface area contributed by atoms with E-state index in [0.29, 0.717) is 0 Å². The molecule has 1 atom stereocenters. The fourth-order valence-electron chi connectivity index (χ4n) is 1.70. The van der Waals surface area contributed by atoms with Gasteiger partial charge in [0.25, 0.3) is 0 Å². The van der Waals surface area contributed by atoms with Crippen LogP contribution in [0.2, 0.25) is 0 Å². The maximum atomic E-state index is 10.3. The molecule has 2 rings (SSSR count). The molecule has 0 saturated carbocycles. The van der Waals surface area contributed by atoms with Crippen molar-refractivity contribution in [3.8, 4) is 0 Å². The van der Waals surface area contributed by atoms with Crippen molar-refractivity contribution in [2.45, 2.75) is 26.4 Å². The van der Waals surface area contributed by atoms with Gasteiger partial charge < -0.3 is 10.1 Å². The predicted octanol–water partition coefficient (Wildman–Crippen LogP) is 3.03. The highest BCUT2D eigenvalue weighted by molar-refractivity contribution is 5.80. The molecule has 2 N–H and O–H groups in total. The standard InChI is InChI=1S/C13H17NO/c1-9(2)13(3,15)11-4-5-12-10(8-11)6-7-14-12/h4-9,14-15H,1-3H3. The van der Waals surface area contributed by atoms with E-state index in [1.54, 1.807) is 0 Å². The van der Waals surface area contributed by atoms with Crippen molar-refractivity contribution in [3.05, 3.63) is 36.0 Å². The van der Waals surface area contributed by atoms with Crippen molar-refractivity contribution in [1.29, 1.82) is 0 Å². The Bertz CT molecular complexity index is 468. The van der Waals surface area contributed by atoms with Gasteiger partial charge in [-0.15, -0.1) is 0 Å². The maximum Gasteiger partial charge on any atom is 0.0891 e. The Morgan fingerprint density at radius 1 is 1.27 bits per heavy atom. The van der Waals surface area contributed by atoms with E-state index in [0.717, 1.165) is 16.5 Å². The lowest BCUT2D eigenvalue weighted by molar-refractivity contribution is 0.00918. The smallest absolute Gasteiger partial charge is 0.0891 e. The fourth-order valence-corrected chi connectivity index (χ4v) is 1.70. The molecule has 1 unspecified atom stereocenters. The average molecular weight is 203 g/mol. The van der Waals surface area contributed by atoms with Gasteiger partial charge in [-0.2, -0.15) is 0 Å². The highest BCUT2D eigenvalue weighted by Crippen LogP contribution is 2.30. The summed E-state index contributed by atoms with van der Waals surface area (Å²) < 4.78 is 0. The number of fused-ring (bicyclic) bond motifs is 1. The van der Waals surface area contributed by atoms with Crippen LogP contribution in [0.15, 0.2) is 30.5 Å². The van der Waals surface area contributed by atoms with Crippen LogP contribution in [0.1, 0.15) is 26.3 Å². The number of aromatic amines is 1. The summed E-state index contributed by atoms with van der Waals surface area (Å²) in [5, 5.41) is 11.5. The van der Waals surface area contributed by atoms with Gasteiger partial charge in [0.15, 0.2) is 0 Å². The molecule has 0 spiro atoms. The van der Waals surface area contributed by atoms with Gasteiger partial charge in [0.2, 0.25) is 0 Å². The molecule has 0 aliphatic heterocycles. The SMILES string of the molecule is CC(C)C(C)(O)c1ccc2[nH]ccc2c1. The number of hydrogen-bond acceptors (Lipinski definition) is 1. The third-order valence-electron chi connectivity index (χ3n) is 3.26. The molecule has 1 heterocycles. The van der Waals surface area contributed by atoms with Crippen LogP contribution >= 0.6 is 0 Å². The number of aliphatic hydroxyl groups is 1. The van der Waals surface area contributed by atoms with Gasteiger partial charge in [-0.1, -0.05) is 19.9 Å². The van der Waals surface area contributed by atoms with Crippen molar-refractivity contribution in [1.82, 2.24) is 4.98 Å². The summed E-state index contributed by atoms with van der Waals surface area (Å²) >= 11 is 0. The molecule has 0 aliphatic carbocycles. The largest absolute Gasteiger partial charge is 0.385 e. The van der Waals surface area contributed by atoms with E-state index < -0.39 is 5.60 Å². The fraction of sp³-hybridized carbons (Fsp3) is 0.385. The first-order valence-electron chi connectivity index (χ1n) is 5.32. The molecular formula is C13H17NO. The van der Waals surface area contributed by atoms with Gasteiger partial charge >= 0.3 is 0 Å². The molecule has 0 fully saturated rings. The first-order chi connectivity index (χ1) is 7.01. The van der Waals surface area contributed by atoms with Crippen LogP contribution in [0, 0.1) is 5.92 Å². The van der Waals surface area contributed by atoms with E-state index in [-0.39, 0.29) is 5.92 Å². The van der Waals surface area contributed by atoms with E-state index in [1.807, 2.05) is 51.2 Å². The van der Waals surface area contributed by atoms with Crippen LogP contribution in [0.4, 0.5) is 0 Å². The van der Waals surface area contributed by atoms with E-state index in [1.165, 1.54) is 0 Å². The number of aromatic nitrogens is 1. The van der Waals surface area contributed by atoms with Crippen LogP contribution in [-0.2, 0) is 5.60 Å². The zero-order valence-electron chi connectivity index (χ0n) is 9.41. The van der Waals surface area contributed by atoms with Crippen LogP contribution < -0.4 is 0 Å². The maximum absolute atomic E-state index is 10.3. The van der Waals surface area contributed by atoms with E-state index in [9.17, 15) is 5.11 Å². The van der Waals surface area contributed by atoms with Gasteiger partial charge in [-0.25, -0.2) is 0 Å². The summed E-state index contributed by atoms with van der Waals surface area (Å²) in [7, 11) is 0. The highest BCUT2D eigenvalue weighted by Gasteiger charge is 2.27. The second-order valence-corrected chi connectivity index (χ2v) is 4.58. The molecule has 15 heavy (non-hydrogen) atoms. The van der Waals surface area contributed by atoms with Crippen molar-refractivity contribution in [3.63, 3.8) is 0 Å². The van der Waals surface area contributed by atoms with Gasteiger partial charge in [0, 0.05) is 11.7 Å². The summed E-state index contributed by atoms with van der Waals surface area (Å²) in [6, 6.07) is 8.07. The van der Waals surface area contributed by atoms with Crippen molar-refractivity contribution in [2.75, 3.05) is 0 Å². The average Bonchev–Trinajstić information content (AvgIpc) is 2.63. The number of hydrogen-bond donors (Lipinski definition) is 2. The summed E-state index contributed by atoms with van der Waals surface area (Å²) in [6.45, 7) is 5.92. The first-order valence-corrected chi connectivity index (χ1v) is 5.32. The molecule has 1 aromatic heterocycles. The second-order valence-electron chi connectivity index (χ2n) is 4.58. The number of rotatable bonds is 2. The lowest BCUT2D eigenvalue weighted by atomic mass is 9.85. The highest BCUT2D eigenvalue weighted by atomic mass is 16.3. The Hall–Kier alpha value is -1.28. The Balaban J connectivity index is 2.52. The summed E-state index contributed by atoms with van der Waals surface area (Å²) in [5.41, 5.74) is 1.33. The predicted molar refractivity (Wildman–Crippen MR) is 62.7 cm³/mol. The summed E-state index contributed by atoms with van der Waals surface area (Å²) in [5.74, 6) is 0.203. The molecule has 0 saturated heterocycles. The van der Waals surface area contributed by atoms with E-state index in [4.69, 9.17) is 0 Å². The Labute approximate surface area is 89.9 Å². The van der Waals surface area contributed by atoms with Crippen molar-refractivity contribution < 1.29 is 5.11 Å². The number of H-pyrrole nitrogens is 1. The summed E-state index contributed by atoms with van der Waals surface area (Å²) in [4.78, 5) is 3.15. The van der Waals surface area contributed by atoms with Crippen LogP contribution in [0.3, 0.4) is 0 Å². The molecule has 0 amide bonds. The quantitative estimate of drug-likeness (QED) is 0.773. The lowest BCUT2D eigenvalue weighted by Crippen LogP contribution is -2.27. The van der Waals surface area contributed by atoms with Gasteiger partial charge in [-0.3, -0.25) is 0 Å². The minimum atomic E-state index is -0.758. The second kappa shape index (κ2) is 3.38. The molecule has 2 nitrogen and oxygen atoms in total. The third kappa shape index (κ3) is 1.65. The zero-order chi connectivity index (χ0) is 11.1. The molecule has 80 valence electrons. The minimum Gasteiger partial charge on any atom is -0.385 e. The Morgan fingerprint density at radius 2 is 2.00 bits per heavy atom. The minimum absolute atomic E-state index is 0.203. The van der Waals surface area contributed by atoms with E-state index in [2.05, 4.69) is 4.98 Å². The van der Waals surface area contributed by atoms with Gasteiger partial charge in [0.05, 0.1) is 5.60 Å². The number of benzene rings is 1. The Morgan fingerprint density at radius 3 is 2.67 bits per heavy atom. The van der Waals surface area contributed by atoms with E-state index >= 15 is 0 Å². The molecule has 2 heteroatoms. The molecule has 2 aromatic rings. The zero-order valence-corrected chi connectivity index (χ0v) is 9.41. The molecule has 0 radical (unpaired) electrons. The van der Waals surface area contributed by atoms with Gasteiger partial charge in [-0.05, 0) is 42.0 Å². The monoisotopic (exact) mass is 203 g/mol. The number of nitrogens with one attached hydrogen (secondary N) is 1. The summed E-state index contributed by atoms with van der Waals surface area (Å²) in [6.07, 6.45) is 1.92. The third-order valence-corrected chi connectivity index (χ3v) is 3.26. The first kappa shape index (κ1) is 10.2. The lowest BCUT2D eigenvalue weighted by Gasteiger charge is -2.28. The van der Waals surface area contributed by atoms with Crippen molar-refractivity contribution >= 4 is 10.9 Å². The topological polar surface area (TPSA) is 36.0 Å². The normalized spacial score (nSPS) is 15.8. The molecule has 1 aromatic carbocycles. The van der Waals surface area contributed by atoms with Gasteiger partial charge in [0.1, 0.15) is 0 Å². The van der Waals surface area contributed by atoms with Crippen LogP contribution in [-0.4, -0.2) is 10.1 Å². The van der Waals surface area contributed by atoms with Crippen molar-refractivity contribution in [2.24, 2.45) is 5.92 Å². The molecular weight excluding hydrogens is 186 g/mol. The molecule has 0 aliphatic rings. The Kier molecular flexibility index (Phi) is 2.31. The molecule has 0 bridgehead atoms. The van der Waals surface area contributed by atoms with Crippen LogP contribution in [0.25, 0.3) is 10.9 Å². The van der Waals surface area contributed by atoms with Crippen LogP contribution in [0.5, 0.6) is 0 Å².